The lowest BCUT2D eigenvalue weighted by molar-refractivity contribution is 0.0739. The number of amides is 1. The Balaban J connectivity index is 1.21. The standard InChI is InChI=1S/C34H28ClN5O2S/c35-29-19-11-10-18-28(29)32-37-38-34(40(32)27-16-8-3-9-17-27)43-24-31-36-30(23-42-31)33(41)39(22-26-14-6-2-7-15-26)21-20-25-12-4-1-5-13-25/h1-19,23H,20-22,24H2. The van der Waals surface area contributed by atoms with Gasteiger partial charge in [-0.05, 0) is 41.8 Å². The Bertz CT molecular complexity index is 1790. The molecule has 0 aliphatic carbocycles. The van der Waals surface area contributed by atoms with E-state index in [-0.39, 0.29) is 11.6 Å². The largest absolute Gasteiger partial charge is 0.447 e. The molecule has 0 bridgehead atoms. The quantitative estimate of drug-likeness (QED) is 0.141. The number of hydrogen-bond donors (Lipinski definition) is 0. The number of hydrogen-bond acceptors (Lipinski definition) is 6. The van der Waals surface area contributed by atoms with Crippen LogP contribution < -0.4 is 0 Å². The lowest BCUT2D eigenvalue weighted by Gasteiger charge is -2.22. The predicted molar refractivity (Wildman–Crippen MR) is 169 cm³/mol. The third-order valence-electron chi connectivity index (χ3n) is 6.87. The molecule has 0 aliphatic heterocycles. The third-order valence-corrected chi connectivity index (χ3v) is 8.12. The fourth-order valence-corrected chi connectivity index (χ4v) is 5.74. The van der Waals surface area contributed by atoms with Crippen LogP contribution in [0.2, 0.25) is 5.02 Å². The summed E-state index contributed by atoms with van der Waals surface area (Å²) in [5.41, 5.74) is 4.19. The highest BCUT2D eigenvalue weighted by atomic mass is 35.5. The van der Waals surface area contributed by atoms with Crippen molar-refractivity contribution in [3.63, 3.8) is 0 Å². The number of carbonyl (C=O) groups is 1. The average Bonchev–Trinajstić information content (AvgIpc) is 3.71. The number of rotatable bonds is 11. The van der Waals surface area contributed by atoms with Crippen molar-refractivity contribution in [2.45, 2.75) is 23.9 Å². The molecule has 1 amide bonds. The molecule has 214 valence electrons. The number of carbonyl (C=O) groups excluding carboxylic acids is 1. The molecule has 4 aromatic carbocycles. The first-order valence-corrected chi connectivity index (χ1v) is 15.2. The van der Waals surface area contributed by atoms with E-state index in [1.807, 2.05) is 113 Å². The van der Waals surface area contributed by atoms with Crippen molar-refractivity contribution in [3.05, 3.63) is 149 Å². The first-order valence-electron chi connectivity index (χ1n) is 13.9. The Morgan fingerprint density at radius 2 is 1.47 bits per heavy atom. The van der Waals surface area contributed by atoms with E-state index in [9.17, 15) is 4.79 Å². The molecule has 6 aromatic rings. The van der Waals surface area contributed by atoms with E-state index >= 15 is 0 Å². The predicted octanol–water partition coefficient (Wildman–Crippen LogP) is 7.75. The van der Waals surface area contributed by atoms with Gasteiger partial charge in [0.1, 0.15) is 6.26 Å². The molecule has 6 rings (SSSR count). The van der Waals surface area contributed by atoms with Gasteiger partial charge in [0.2, 0.25) is 5.89 Å². The van der Waals surface area contributed by atoms with Gasteiger partial charge in [-0.2, -0.15) is 0 Å². The van der Waals surface area contributed by atoms with Crippen molar-refractivity contribution in [2.75, 3.05) is 6.54 Å². The van der Waals surface area contributed by atoms with Gasteiger partial charge in [0.15, 0.2) is 16.7 Å². The average molecular weight is 606 g/mol. The number of halogens is 1. The van der Waals surface area contributed by atoms with E-state index < -0.39 is 0 Å². The van der Waals surface area contributed by atoms with E-state index in [1.165, 1.54) is 23.6 Å². The summed E-state index contributed by atoms with van der Waals surface area (Å²) in [7, 11) is 0. The minimum atomic E-state index is -0.173. The van der Waals surface area contributed by atoms with Crippen molar-refractivity contribution >= 4 is 29.3 Å². The van der Waals surface area contributed by atoms with Gasteiger partial charge in [-0.3, -0.25) is 9.36 Å². The number of thioether (sulfide) groups is 1. The van der Waals surface area contributed by atoms with E-state index in [0.29, 0.717) is 40.7 Å². The van der Waals surface area contributed by atoms with Crippen LogP contribution in [-0.2, 0) is 18.7 Å². The second-order valence-electron chi connectivity index (χ2n) is 9.82. The molecular weight excluding hydrogens is 578 g/mol. The van der Waals surface area contributed by atoms with Crippen molar-refractivity contribution < 1.29 is 9.21 Å². The van der Waals surface area contributed by atoms with Gasteiger partial charge in [-0.1, -0.05) is 114 Å². The molecule has 9 heteroatoms. The Labute approximate surface area is 259 Å². The van der Waals surface area contributed by atoms with E-state index in [1.54, 1.807) is 0 Å². The summed E-state index contributed by atoms with van der Waals surface area (Å²) in [5, 5.41) is 10.2. The number of aromatic nitrogens is 4. The topological polar surface area (TPSA) is 77.0 Å². The number of oxazole rings is 1. The van der Waals surface area contributed by atoms with Gasteiger partial charge in [0.25, 0.3) is 5.91 Å². The molecule has 0 atom stereocenters. The smallest absolute Gasteiger partial charge is 0.276 e. The normalized spacial score (nSPS) is 11.0. The zero-order chi connectivity index (χ0) is 29.4. The summed E-state index contributed by atoms with van der Waals surface area (Å²) in [6.45, 7) is 1.04. The van der Waals surface area contributed by atoms with Crippen LogP contribution >= 0.6 is 23.4 Å². The van der Waals surface area contributed by atoms with Gasteiger partial charge in [-0.15, -0.1) is 10.2 Å². The zero-order valence-electron chi connectivity index (χ0n) is 23.2. The molecular formula is C34H28ClN5O2S. The molecule has 43 heavy (non-hydrogen) atoms. The molecule has 0 spiro atoms. The third kappa shape index (κ3) is 6.88. The van der Waals surface area contributed by atoms with Crippen molar-refractivity contribution in [1.29, 1.82) is 0 Å². The highest BCUT2D eigenvalue weighted by Gasteiger charge is 2.22. The Morgan fingerprint density at radius 3 is 2.19 bits per heavy atom. The molecule has 0 N–H and O–H groups in total. The molecule has 2 aromatic heterocycles. The molecule has 0 saturated heterocycles. The van der Waals surface area contributed by atoms with Crippen molar-refractivity contribution in [1.82, 2.24) is 24.6 Å². The van der Waals surface area contributed by atoms with E-state index in [4.69, 9.17) is 16.0 Å². The molecule has 2 heterocycles. The van der Waals surface area contributed by atoms with Crippen LogP contribution in [0.3, 0.4) is 0 Å². The maximum atomic E-state index is 13.6. The minimum absolute atomic E-state index is 0.173. The Hall–Kier alpha value is -4.66. The van der Waals surface area contributed by atoms with Crippen LogP contribution in [-0.4, -0.2) is 37.1 Å². The number of benzene rings is 4. The van der Waals surface area contributed by atoms with Gasteiger partial charge in [0.05, 0.1) is 10.8 Å². The van der Waals surface area contributed by atoms with Crippen LogP contribution in [0.5, 0.6) is 0 Å². The maximum Gasteiger partial charge on any atom is 0.276 e. The maximum absolute atomic E-state index is 13.6. The molecule has 0 aliphatic rings. The fraction of sp³-hybridized carbons (Fsp3) is 0.118. The molecule has 7 nitrogen and oxygen atoms in total. The van der Waals surface area contributed by atoms with E-state index in [2.05, 4.69) is 27.3 Å². The molecule has 0 radical (unpaired) electrons. The summed E-state index contributed by atoms with van der Waals surface area (Å²) < 4.78 is 7.73. The molecule has 0 saturated carbocycles. The number of para-hydroxylation sites is 1. The second-order valence-corrected chi connectivity index (χ2v) is 11.2. The Morgan fingerprint density at radius 1 is 0.814 bits per heavy atom. The monoisotopic (exact) mass is 605 g/mol. The lowest BCUT2D eigenvalue weighted by Crippen LogP contribution is -2.32. The molecule has 0 unspecified atom stereocenters. The van der Waals surface area contributed by atoms with Crippen LogP contribution in [0, 0.1) is 0 Å². The fourth-order valence-electron chi connectivity index (χ4n) is 4.72. The first-order chi connectivity index (χ1) is 21.2. The second kappa shape index (κ2) is 13.5. The van der Waals surface area contributed by atoms with Crippen LogP contribution in [0.15, 0.2) is 131 Å². The van der Waals surface area contributed by atoms with Gasteiger partial charge < -0.3 is 9.32 Å². The highest BCUT2D eigenvalue weighted by Crippen LogP contribution is 2.33. The van der Waals surface area contributed by atoms with Crippen LogP contribution in [0.1, 0.15) is 27.5 Å². The minimum Gasteiger partial charge on any atom is -0.447 e. The summed E-state index contributed by atoms with van der Waals surface area (Å²) in [6.07, 6.45) is 2.18. The Kier molecular flexibility index (Phi) is 8.96. The lowest BCUT2D eigenvalue weighted by atomic mass is 10.1. The summed E-state index contributed by atoms with van der Waals surface area (Å²) in [4.78, 5) is 20.0. The number of nitrogens with zero attached hydrogens (tertiary/aromatic N) is 5. The van der Waals surface area contributed by atoms with Crippen molar-refractivity contribution in [3.8, 4) is 17.1 Å². The van der Waals surface area contributed by atoms with Gasteiger partial charge >= 0.3 is 0 Å². The summed E-state index contributed by atoms with van der Waals surface area (Å²) in [6, 6.07) is 37.6. The van der Waals surface area contributed by atoms with Crippen LogP contribution in [0.4, 0.5) is 0 Å². The summed E-state index contributed by atoms with van der Waals surface area (Å²) >= 11 is 7.94. The van der Waals surface area contributed by atoms with Crippen LogP contribution in [0.25, 0.3) is 17.1 Å². The SMILES string of the molecule is O=C(c1coc(CSc2nnc(-c3ccccc3Cl)n2-c2ccccc2)n1)N(CCc1ccccc1)Cc1ccccc1. The van der Waals surface area contributed by atoms with Gasteiger partial charge in [0, 0.05) is 24.3 Å². The zero-order valence-corrected chi connectivity index (χ0v) is 24.8. The first kappa shape index (κ1) is 28.5. The highest BCUT2D eigenvalue weighted by molar-refractivity contribution is 7.98. The molecule has 0 fully saturated rings. The van der Waals surface area contributed by atoms with Gasteiger partial charge in [-0.25, -0.2) is 4.98 Å². The van der Waals surface area contributed by atoms with E-state index in [0.717, 1.165) is 23.2 Å². The van der Waals surface area contributed by atoms with Crippen molar-refractivity contribution in [2.24, 2.45) is 0 Å². The summed E-state index contributed by atoms with van der Waals surface area (Å²) in [5.74, 6) is 1.26.